The lowest BCUT2D eigenvalue weighted by molar-refractivity contribution is 1.15. The van der Waals surface area contributed by atoms with Crippen LogP contribution in [-0.4, -0.2) is 31.7 Å². The predicted molar refractivity (Wildman–Crippen MR) is 362 cm³/mol. The van der Waals surface area contributed by atoms with Crippen molar-refractivity contribution in [1.82, 2.24) is 18.3 Å². The summed E-state index contributed by atoms with van der Waals surface area (Å²) < 4.78 is 10.1. The van der Waals surface area contributed by atoms with Crippen LogP contribution in [0.3, 0.4) is 0 Å². The van der Waals surface area contributed by atoms with E-state index in [0.717, 1.165) is 22.7 Å². The van der Waals surface area contributed by atoms with Crippen molar-refractivity contribution in [1.29, 1.82) is 0 Å². The fourth-order valence-corrected chi connectivity index (χ4v) is 16.6. The lowest BCUT2D eigenvalue weighted by Crippen LogP contribution is -2.60. The Morgan fingerprint density at radius 3 is 0.977 bits per heavy atom. The molecule has 0 saturated heterocycles. The SMILES string of the molecule is c1ccc(N2c3cc(-n4c5ccccc5c5ccccc54)ccc3B3c4c2cccc4-n2c4cc5c(cc4c4cccc3c42)c2cccc3c2n5-c2cccc4c2B3c2ccc(-n3c5ccccc5c5ccccc53)cc2N4c2ccccc2)cc1. The first-order chi connectivity index (χ1) is 42.7. The van der Waals surface area contributed by atoms with Crippen LogP contribution < -0.4 is 42.6 Å². The minimum absolute atomic E-state index is 0.00219. The predicted octanol–water partition coefficient (Wildman–Crippen LogP) is 15.3. The minimum Gasteiger partial charge on any atom is -0.311 e. The third-order valence-electron chi connectivity index (χ3n) is 19.9. The van der Waals surface area contributed by atoms with Crippen molar-refractivity contribution in [2.45, 2.75) is 0 Å². The number of nitrogens with zero attached hydrogens (tertiary/aromatic N) is 6. The van der Waals surface area contributed by atoms with Gasteiger partial charge in [0.05, 0.1) is 33.1 Å². The molecule has 21 rings (SSSR count). The number of anilines is 6. The Kier molecular flexibility index (Phi) is 8.60. The van der Waals surface area contributed by atoms with E-state index in [1.165, 1.54) is 154 Å². The molecule has 4 aromatic heterocycles. The van der Waals surface area contributed by atoms with E-state index in [4.69, 9.17) is 0 Å². The van der Waals surface area contributed by atoms with Crippen LogP contribution in [0.2, 0.25) is 0 Å². The Balaban J connectivity index is 0.803. The first-order valence-corrected chi connectivity index (χ1v) is 30.0. The molecule has 0 amide bonds. The fraction of sp³-hybridized carbons (Fsp3) is 0. The molecular weight excluding hydrogens is 1040 g/mol. The highest BCUT2D eigenvalue weighted by Crippen LogP contribution is 2.47. The van der Waals surface area contributed by atoms with Crippen molar-refractivity contribution < 1.29 is 0 Å². The van der Waals surface area contributed by atoms with Gasteiger partial charge in [0, 0.05) is 111 Å². The van der Waals surface area contributed by atoms with E-state index in [1.54, 1.807) is 0 Å². The van der Waals surface area contributed by atoms with Gasteiger partial charge >= 0.3 is 0 Å². The van der Waals surface area contributed by atoms with Crippen LogP contribution in [0.15, 0.2) is 279 Å². The van der Waals surface area contributed by atoms with E-state index in [0.29, 0.717) is 0 Å². The number of rotatable bonds is 4. The number of fused-ring (bicyclic) bond motifs is 20. The van der Waals surface area contributed by atoms with Gasteiger partial charge in [0.25, 0.3) is 13.4 Å². The second-order valence-corrected chi connectivity index (χ2v) is 23.9. The molecule has 0 spiro atoms. The summed E-state index contributed by atoms with van der Waals surface area (Å²) >= 11 is 0. The van der Waals surface area contributed by atoms with Gasteiger partial charge in [-0.25, -0.2) is 0 Å². The van der Waals surface area contributed by atoms with Crippen LogP contribution in [0.1, 0.15) is 0 Å². The summed E-state index contributed by atoms with van der Waals surface area (Å²) in [6.07, 6.45) is 0. The molecule has 4 aliphatic heterocycles. The molecule has 6 nitrogen and oxygen atoms in total. The number of para-hydroxylation sites is 8. The van der Waals surface area contributed by atoms with Crippen molar-refractivity contribution in [3.8, 4) is 22.7 Å². The molecule has 394 valence electrons. The van der Waals surface area contributed by atoms with Gasteiger partial charge in [0.1, 0.15) is 0 Å². The van der Waals surface area contributed by atoms with Crippen LogP contribution in [0.5, 0.6) is 0 Å². The molecule has 0 aliphatic carbocycles. The van der Waals surface area contributed by atoms with Crippen molar-refractivity contribution >= 4 is 168 Å². The maximum absolute atomic E-state index is 2.62. The standard InChI is InChI=1S/C78H46B2N6/c1-3-19-47(20-4-1)81-67-35-17-37-69-75(67)79(59-41-39-49(43-73(59)81)83-63-31-11-7-23-51(63)52-24-8-12-32-64(52)83)61-29-15-27-55-57-45-58-56-28-16-30-62-78(56)86(72(58)46-71(57)85(69)77(55)61)70-38-18-36-68-76(70)80(62)60-42-40-50(44-74(60)82(68)48-21-5-2-6-22-48)84-65-33-13-9-25-53(65)54-26-10-14-34-66(54)84/h1-46H. The first kappa shape index (κ1) is 45.3. The summed E-state index contributed by atoms with van der Waals surface area (Å²) in [5.74, 6) is 0. The van der Waals surface area contributed by atoms with E-state index < -0.39 is 0 Å². The van der Waals surface area contributed by atoms with Gasteiger partial charge in [-0.1, -0.05) is 170 Å². The van der Waals surface area contributed by atoms with E-state index in [2.05, 4.69) is 307 Å². The van der Waals surface area contributed by atoms with Crippen LogP contribution in [0, 0.1) is 0 Å². The molecule has 0 N–H and O–H groups in total. The smallest absolute Gasteiger partial charge is 0.252 e. The highest BCUT2D eigenvalue weighted by Gasteiger charge is 2.45. The molecule has 0 atom stereocenters. The van der Waals surface area contributed by atoms with Gasteiger partial charge < -0.3 is 28.1 Å². The summed E-state index contributed by atoms with van der Waals surface area (Å²) in [6.45, 7) is 0.00438. The van der Waals surface area contributed by atoms with Crippen molar-refractivity contribution in [3.05, 3.63) is 279 Å². The Bertz CT molecular complexity index is 5420. The summed E-state index contributed by atoms with van der Waals surface area (Å²) in [7, 11) is 0. The summed E-state index contributed by atoms with van der Waals surface area (Å²) in [4.78, 5) is 5.05. The topological polar surface area (TPSA) is 26.2 Å². The molecule has 0 bridgehead atoms. The summed E-state index contributed by atoms with van der Waals surface area (Å²) in [5.41, 5.74) is 29.6. The third kappa shape index (κ3) is 5.60. The van der Waals surface area contributed by atoms with Crippen LogP contribution in [0.25, 0.3) is 110 Å². The van der Waals surface area contributed by atoms with Gasteiger partial charge in [-0.15, -0.1) is 0 Å². The number of hydrogen-bond donors (Lipinski definition) is 0. The second-order valence-electron chi connectivity index (χ2n) is 23.9. The second kappa shape index (κ2) is 16.3. The molecule has 0 saturated carbocycles. The first-order valence-electron chi connectivity index (χ1n) is 30.0. The van der Waals surface area contributed by atoms with E-state index >= 15 is 0 Å². The average molecular weight is 1090 g/mol. The zero-order valence-corrected chi connectivity index (χ0v) is 46.4. The zero-order valence-electron chi connectivity index (χ0n) is 46.4. The van der Waals surface area contributed by atoms with Crippen LogP contribution in [0.4, 0.5) is 34.1 Å². The highest BCUT2D eigenvalue weighted by molar-refractivity contribution is 7.01. The molecule has 8 heterocycles. The molecular formula is C78H46B2N6. The minimum atomic E-state index is 0.00219. The molecule has 4 aliphatic rings. The summed E-state index contributed by atoms with van der Waals surface area (Å²) in [6, 6.07) is 105. The van der Waals surface area contributed by atoms with Crippen molar-refractivity contribution in [2.24, 2.45) is 0 Å². The Labute approximate surface area is 494 Å². The molecule has 0 fully saturated rings. The van der Waals surface area contributed by atoms with E-state index in [9.17, 15) is 0 Å². The molecule has 86 heavy (non-hydrogen) atoms. The number of aromatic nitrogens is 4. The zero-order chi connectivity index (χ0) is 55.6. The molecule has 13 aromatic carbocycles. The fourth-order valence-electron chi connectivity index (χ4n) is 16.6. The van der Waals surface area contributed by atoms with Crippen molar-refractivity contribution in [3.63, 3.8) is 0 Å². The maximum atomic E-state index is 2.62. The van der Waals surface area contributed by atoms with E-state index in [-0.39, 0.29) is 13.4 Å². The number of hydrogen-bond acceptors (Lipinski definition) is 2. The number of benzene rings is 13. The van der Waals surface area contributed by atoms with Gasteiger partial charge in [0.2, 0.25) is 0 Å². The van der Waals surface area contributed by atoms with E-state index in [1.807, 2.05) is 0 Å². The highest BCUT2D eigenvalue weighted by atomic mass is 15.2. The Hall–Kier alpha value is -11.2. The van der Waals surface area contributed by atoms with Gasteiger partial charge in [-0.3, -0.25) is 0 Å². The third-order valence-corrected chi connectivity index (χ3v) is 19.9. The molecule has 17 aromatic rings. The maximum Gasteiger partial charge on any atom is 0.252 e. The monoisotopic (exact) mass is 1090 g/mol. The summed E-state index contributed by atoms with van der Waals surface area (Å²) in [5, 5.41) is 10.1. The molecule has 8 heteroatoms. The Morgan fingerprint density at radius 2 is 0.558 bits per heavy atom. The van der Waals surface area contributed by atoms with Gasteiger partial charge in [-0.05, 0) is 142 Å². The van der Waals surface area contributed by atoms with Gasteiger partial charge in [-0.2, -0.15) is 0 Å². The quantitative estimate of drug-likeness (QED) is 0.164. The van der Waals surface area contributed by atoms with Crippen LogP contribution >= 0.6 is 0 Å². The molecule has 0 radical (unpaired) electrons. The van der Waals surface area contributed by atoms with Crippen LogP contribution in [-0.2, 0) is 0 Å². The average Bonchev–Trinajstić information content (AvgIpc) is 1.40. The lowest BCUT2D eigenvalue weighted by atomic mass is 9.34. The van der Waals surface area contributed by atoms with Gasteiger partial charge in [0.15, 0.2) is 0 Å². The molecule has 0 unspecified atom stereocenters. The Morgan fingerprint density at radius 1 is 0.198 bits per heavy atom. The van der Waals surface area contributed by atoms with Crippen molar-refractivity contribution in [2.75, 3.05) is 9.80 Å². The lowest BCUT2D eigenvalue weighted by Gasteiger charge is -2.40. The normalized spacial score (nSPS) is 13.5. The largest absolute Gasteiger partial charge is 0.311 e.